The van der Waals surface area contributed by atoms with Gasteiger partial charge in [0, 0.05) is 41.4 Å². The summed E-state index contributed by atoms with van der Waals surface area (Å²) in [4.78, 5) is 10.2. The maximum absolute atomic E-state index is 15.0. The van der Waals surface area contributed by atoms with E-state index in [0.717, 1.165) is 18.7 Å². The molecule has 178 valence electrons. The van der Waals surface area contributed by atoms with Gasteiger partial charge in [0.15, 0.2) is 5.82 Å². The van der Waals surface area contributed by atoms with Crippen molar-refractivity contribution in [2.75, 3.05) is 19.1 Å². The number of aromatic hydroxyl groups is 1. The second kappa shape index (κ2) is 8.16. The van der Waals surface area contributed by atoms with Crippen LogP contribution in [-0.2, 0) is 0 Å². The molecule has 0 spiro atoms. The molecular formula is C25H29FN6O2. The average molecular weight is 465 g/mol. The number of phenols is 1. The molecule has 1 unspecified atom stereocenters. The van der Waals surface area contributed by atoms with Gasteiger partial charge in [-0.25, -0.2) is 14.4 Å². The first kappa shape index (κ1) is 22.5. The lowest BCUT2D eigenvalue weighted by atomic mass is 9.84. The molecule has 3 atom stereocenters. The summed E-state index contributed by atoms with van der Waals surface area (Å²) in [5.41, 5.74) is 1.42. The van der Waals surface area contributed by atoms with Crippen LogP contribution >= 0.6 is 0 Å². The fourth-order valence-electron chi connectivity index (χ4n) is 5.50. The molecule has 1 aromatic carbocycles. The van der Waals surface area contributed by atoms with Crippen molar-refractivity contribution in [3.8, 4) is 34.1 Å². The summed E-state index contributed by atoms with van der Waals surface area (Å²) in [6.07, 6.45) is 5.74. The van der Waals surface area contributed by atoms with E-state index >= 15 is 0 Å². The molecular weight excluding hydrogens is 435 g/mol. The van der Waals surface area contributed by atoms with Gasteiger partial charge >= 0.3 is 0 Å². The standard InChI is InChI=1S/C25H29FN6O2/c1-24-7-8-25(2,31-24)13-15(12-24)32(3)22-6-5-19(29-30-22)17-9-18(26)16(10-21(17)33)20-11-23(34-4)28-14-27-20/h5-6,9-11,14-15,31,33H,7-8,12-13H2,1-4H3/t15?,24-,25+. The zero-order valence-corrected chi connectivity index (χ0v) is 19.8. The number of rotatable bonds is 5. The van der Waals surface area contributed by atoms with E-state index in [1.54, 1.807) is 6.07 Å². The lowest BCUT2D eigenvalue weighted by Crippen LogP contribution is -2.58. The van der Waals surface area contributed by atoms with E-state index < -0.39 is 5.82 Å². The fourth-order valence-corrected chi connectivity index (χ4v) is 5.50. The van der Waals surface area contributed by atoms with Crippen LogP contribution in [0.15, 0.2) is 36.7 Å². The summed E-state index contributed by atoms with van der Waals surface area (Å²) in [6, 6.07) is 8.08. The minimum absolute atomic E-state index is 0.111. The Labute approximate surface area is 198 Å². The summed E-state index contributed by atoms with van der Waals surface area (Å²) < 4.78 is 20.0. The summed E-state index contributed by atoms with van der Waals surface area (Å²) >= 11 is 0. The predicted molar refractivity (Wildman–Crippen MR) is 127 cm³/mol. The van der Waals surface area contributed by atoms with E-state index in [2.05, 4.69) is 44.2 Å². The van der Waals surface area contributed by atoms with Crippen molar-refractivity contribution in [3.63, 3.8) is 0 Å². The third-order valence-electron chi connectivity index (χ3n) is 7.25. The minimum atomic E-state index is -0.539. The number of benzene rings is 1. The monoisotopic (exact) mass is 464 g/mol. The van der Waals surface area contributed by atoms with Crippen LogP contribution in [0.4, 0.5) is 10.2 Å². The van der Waals surface area contributed by atoms with Crippen LogP contribution in [0.1, 0.15) is 39.5 Å². The van der Waals surface area contributed by atoms with Crippen molar-refractivity contribution < 1.29 is 14.2 Å². The lowest BCUT2D eigenvalue weighted by Gasteiger charge is -2.45. The highest BCUT2D eigenvalue weighted by molar-refractivity contribution is 5.74. The predicted octanol–water partition coefficient (Wildman–Crippen LogP) is 3.95. The normalized spacial score (nSPS) is 25.9. The lowest BCUT2D eigenvalue weighted by molar-refractivity contribution is 0.207. The van der Waals surface area contributed by atoms with E-state index in [0.29, 0.717) is 23.3 Å². The molecule has 2 aromatic heterocycles. The van der Waals surface area contributed by atoms with Crippen molar-refractivity contribution in [1.29, 1.82) is 0 Å². The van der Waals surface area contributed by atoms with Gasteiger partial charge in [0.05, 0.1) is 18.5 Å². The van der Waals surface area contributed by atoms with Gasteiger partial charge in [-0.2, -0.15) is 0 Å². The van der Waals surface area contributed by atoms with Crippen molar-refractivity contribution in [3.05, 3.63) is 42.5 Å². The van der Waals surface area contributed by atoms with E-state index in [1.807, 2.05) is 13.1 Å². The number of nitrogens with one attached hydrogen (secondary N) is 1. The van der Waals surface area contributed by atoms with E-state index in [4.69, 9.17) is 4.74 Å². The number of anilines is 1. The number of hydrogen-bond acceptors (Lipinski definition) is 8. The first-order chi connectivity index (χ1) is 16.2. The Bertz CT molecular complexity index is 1200. The van der Waals surface area contributed by atoms with Crippen LogP contribution in [0.2, 0.25) is 0 Å². The van der Waals surface area contributed by atoms with Crippen LogP contribution in [0, 0.1) is 5.82 Å². The Hall–Kier alpha value is -3.33. The molecule has 2 fully saturated rings. The number of methoxy groups -OCH3 is 1. The molecule has 2 saturated heterocycles. The van der Waals surface area contributed by atoms with Gasteiger partial charge < -0.3 is 20.1 Å². The molecule has 3 aromatic rings. The largest absolute Gasteiger partial charge is 0.507 e. The molecule has 2 aliphatic heterocycles. The highest BCUT2D eigenvalue weighted by Gasteiger charge is 2.49. The van der Waals surface area contributed by atoms with Crippen LogP contribution in [-0.4, -0.2) is 56.5 Å². The molecule has 2 N–H and O–H groups in total. The second-order valence-electron chi connectivity index (χ2n) is 9.99. The number of aromatic nitrogens is 4. The van der Waals surface area contributed by atoms with Crippen LogP contribution in [0.5, 0.6) is 11.6 Å². The van der Waals surface area contributed by atoms with Crippen LogP contribution in [0.3, 0.4) is 0 Å². The molecule has 34 heavy (non-hydrogen) atoms. The zero-order valence-electron chi connectivity index (χ0n) is 19.8. The maximum Gasteiger partial charge on any atom is 0.216 e. The first-order valence-corrected chi connectivity index (χ1v) is 11.4. The van der Waals surface area contributed by atoms with Gasteiger partial charge in [-0.3, -0.25) is 0 Å². The summed E-state index contributed by atoms with van der Waals surface area (Å²) in [5, 5.41) is 23.1. The molecule has 0 saturated carbocycles. The van der Waals surface area contributed by atoms with Crippen molar-refractivity contribution in [1.82, 2.24) is 25.5 Å². The summed E-state index contributed by atoms with van der Waals surface area (Å²) in [7, 11) is 3.52. The number of ether oxygens (including phenoxy) is 1. The molecule has 2 bridgehead atoms. The van der Waals surface area contributed by atoms with Crippen molar-refractivity contribution in [2.45, 2.75) is 56.7 Å². The second-order valence-corrected chi connectivity index (χ2v) is 9.99. The molecule has 0 radical (unpaired) electrons. The third-order valence-corrected chi connectivity index (χ3v) is 7.25. The van der Waals surface area contributed by atoms with E-state index in [9.17, 15) is 9.50 Å². The quantitative estimate of drug-likeness (QED) is 0.586. The summed E-state index contributed by atoms with van der Waals surface area (Å²) in [5.74, 6) is 0.415. The van der Waals surface area contributed by atoms with E-state index in [1.165, 1.54) is 44.5 Å². The van der Waals surface area contributed by atoms with Gasteiger partial charge in [0.1, 0.15) is 17.9 Å². The van der Waals surface area contributed by atoms with Gasteiger partial charge in [-0.15, -0.1) is 10.2 Å². The molecule has 8 nitrogen and oxygen atoms in total. The molecule has 0 aliphatic carbocycles. The van der Waals surface area contributed by atoms with Gasteiger partial charge in [-0.05, 0) is 63.8 Å². The number of piperidine rings is 1. The number of nitrogens with zero attached hydrogens (tertiary/aromatic N) is 5. The van der Waals surface area contributed by atoms with Crippen molar-refractivity contribution >= 4 is 5.82 Å². The molecule has 4 heterocycles. The topological polar surface area (TPSA) is 96.3 Å². The Morgan fingerprint density at radius 1 is 1.03 bits per heavy atom. The maximum atomic E-state index is 15.0. The number of hydrogen-bond donors (Lipinski definition) is 2. The average Bonchev–Trinajstić information content (AvgIpc) is 3.06. The molecule has 0 amide bonds. The Kier molecular flexibility index (Phi) is 5.39. The Morgan fingerprint density at radius 2 is 1.76 bits per heavy atom. The van der Waals surface area contributed by atoms with Crippen molar-refractivity contribution in [2.24, 2.45) is 0 Å². The number of phenolic OH excluding ortho intramolecular Hbond substituents is 1. The smallest absolute Gasteiger partial charge is 0.216 e. The Morgan fingerprint density at radius 3 is 2.41 bits per heavy atom. The van der Waals surface area contributed by atoms with Crippen LogP contribution < -0.4 is 15.0 Å². The fraction of sp³-hybridized carbons (Fsp3) is 0.440. The summed E-state index contributed by atoms with van der Waals surface area (Å²) in [6.45, 7) is 4.59. The van der Waals surface area contributed by atoms with Gasteiger partial charge in [0.2, 0.25) is 5.88 Å². The Balaban J connectivity index is 1.39. The van der Waals surface area contributed by atoms with Crippen LogP contribution in [0.25, 0.3) is 22.5 Å². The number of fused-ring (bicyclic) bond motifs is 2. The molecule has 9 heteroatoms. The minimum Gasteiger partial charge on any atom is -0.507 e. The highest BCUT2D eigenvalue weighted by atomic mass is 19.1. The zero-order chi connectivity index (χ0) is 24.1. The van der Waals surface area contributed by atoms with E-state index in [-0.39, 0.29) is 28.0 Å². The van der Waals surface area contributed by atoms with Gasteiger partial charge in [-0.1, -0.05) is 0 Å². The molecule has 2 aliphatic rings. The first-order valence-electron chi connectivity index (χ1n) is 11.4. The SMILES string of the molecule is COc1cc(-c2cc(O)c(-c3ccc(N(C)C4C[C@]5(C)CC[C@](C)(C4)N5)nn3)cc2F)ncn1. The van der Waals surface area contributed by atoms with Gasteiger partial charge in [0.25, 0.3) is 0 Å². The third kappa shape index (κ3) is 4.04. The highest BCUT2D eigenvalue weighted by Crippen LogP contribution is 2.44. The molecule has 5 rings (SSSR count). The number of halogens is 1.